The number of hydrogen-bond acceptors (Lipinski definition) is 6. The molecule has 1 unspecified atom stereocenters. The minimum atomic E-state index is -1.07. The molecule has 1 heterocycles. The van der Waals surface area contributed by atoms with Crippen molar-refractivity contribution in [2.24, 2.45) is 11.8 Å². The zero-order valence-electron chi connectivity index (χ0n) is 32.5. The van der Waals surface area contributed by atoms with Gasteiger partial charge in [0, 0.05) is 47.8 Å². The van der Waals surface area contributed by atoms with Crippen molar-refractivity contribution in [2.75, 3.05) is 31.7 Å². The van der Waals surface area contributed by atoms with E-state index in [0.717, 1.165) is 75.2 Å². The lowest BCUT2D eigenvalue weighted by molar-refractivity contribution is -0.144. The minimum absolute atomic E-state index is 0.149. The van der Waals surface area contributed by atoms with E-state index in [2.05, 4.69) is 66.6 Å². The first-order valence-corrected chi connectivity index (χ1v) is 20.9. The molecule has 4 aromatic rings. The summed E-state index contributed by atoms with van der Waals surface area (Å²) in [5.74, 6) is 2.20. The molecular weight excluding hydrogens is 708 g/mol. The Morgan fingerprint density at radius 3 is 2.58 bits per heavy atom. The number of halogens is 1. The quantitative estimate of drug-likeness (QED) is 0.103. The number of fused-ring (bicyclic) bond motifs is 3. The summed E-state index contributed by atoms with van der Waals surface area (Å²) in [6.07, 6.45) is 12.7. The summed E-state index contributed by atoms with van der Waals surface area (Å²) in [5, 5.41) is 14.7. The second-order valence-electron chi connectivity index (χ2n) is 16.4. The molecule has 0 bridgehead atoms. The second kappa shape index (κ2) is 17.8. The van der Waals surface area contributed by atoms with Crippen LogP contribution in [0, 0.1) is 11.8 Å². The third-order valence-electron chi connectivity index (χ3n) is 12.6. The van der Waals surface area contributed by atoms with Gasteiger partial charge in [-0.1, -0.05) is 67.9 Å². The van der Waals surface area contributed by atoms with Crippen LogP contribution in [0.5, 0.6) is 11.5 Å². The largest absolute Gasteiger partial charge is 0.493 e. The van der Waals surface area contributed by atoms with Crippen LogP contribution in [0.4, 0.5) is 5.69 Å². The van der Waals surface area contributed by atoms with Crippen LogP contribution in [-0.4, -0.2) is 48.0 Å². The summed E-state index contributed by atoms with van der Waals surface area (Å²) in [6.45, 7) is 7.24. The Hall–Kier alpha value is -4.07. The van der Waals surface area contributed by atoms with E-state index in [1.807, 2.05) is 42.6 Å². The normalized spacial score (nSPS) is 23.5. The van der Waals surface area contributed by atoms with Gasteiger partial charge in [-0.25, -0.2) is 4.79 Å². The van der Waals surface area contributed by atoms with Gasteiger partial charge >= 0.3 is 5.97 Å². The molecule has 0 amide bonds. The smallest absolute Gasteiger partial charge is 0.329 e. The first-order valence-electron chi connectivity index (χ1n) is 20.5. The number of hydrogen-bond donors (Lipinski definition) is 2. The number of aromatic nitrogens is 1. The van der Waals surface area contributed by atoms with Gasteiger partial charge in [0.1, 0.15) is 17.0 Å². The highest BCUT2D eigenvalue weighted by molar-refractivity contribution is 6.30. The molecule has 3 aromatic carbocycles. The summed E-state index contributed by atoms with van der Waals surface area (Å²) < 4.78 is 18.9. The van der Waals surface area contributed by atoms with Gasteiger partial charge in [-0.15, -0.1) is 0 Å². The molecule has 1 aromatic heterocycles. The van der Waals surface area contributed by atoms with Crippen LogP contribution >= 0.6 is 11.6 Å². The molecule has 0 aliphatic heterocycles. The zero-order valence-corrected chi connectivity index (χ0v) is 33.3. The van der Waals surface area contributed by atoms with Crippen molar-refractivity contribution >= 4 is 23.3 Å². The first kappa shape index (κ1) is 39.2. The lowest BCUT2D eigenvalue weighted by Gasteiger charge is -2.47. The number of carboxylic acids is 1. The maximum Gasteiger partial charge on any atom is 0.329 e. The van der Waals surface area contributed by atoms with Crippen molar-refractivity contribution in [1.29, 1.82) is 0 Å². The van der Waals surface area contributed by atoms with Crippen molar-refractivity contribution in [3.8, 4) is 11.5 Å². The zero-order chi connectivity index (χ0) is 38.3. The number of benzene rings is 3. The van der Waals surface area contributed by atoms with E-state index in [9.17, 15) is 9.90 Å². The van der Waals surface area contributed by atoms with E-state index >= 15 is 0 Å². The standard InChI is InChI=1S/C47H57ClN2O5/c1-33(32-55-43-19-24-49-42-16-6-10-34(2)44(42)43)28-37-29-36-17-18-40(54-27-9-26-53-25-8-13-35-11-4-3-5-12-35)31-41(36)46(37)20-22-47(23-21-46,45(51)52)50-39-15-7-14-38(48)30-39/h3-5,7,11-12,14-15,17-19,24,30-31,33-34,37,50H,6,8-10,13,16,20-23,25-29,32H2,1-2H3,(H,51,52)/t33-,34-,37?,46?,47?/m1/s1. The van der Waals surface area contributed by atoms with Gasteiger partial charge in [-0.2, -0.15) is 0 Å². The number of anilines is 1. The molecule has 3 aliphatic carbocycles. The molecule has 0 radical (unpaired) electrons. The maximum absolute atomic E-state index is 13.0. The Morgan fingerprint density at radius 1 is 0.964 bits per heavy atom. The van der Waals surface area contributed by atoms with Crippen molar-refractivity contribution in [2.45, 2.75) is 108 Å². The Bertz CT molecular complexity index is 1890. The van der Waals surface area contributed by atoms with Crippen LogP contribution in [-0.2, 0) is 34.2 Å². The summed E-state index contributed by atoms with van der Waals surface area (Å²) in [5.41, 5.74) is 6.04. The first-order chi connectivity index (χ1) is 26.7. The number of carboxylic acid groups (broad SMARTS) is 1. The average molecular weight is 765 g/mol. The molecule has 7 rings (SSSR count). The fourth-order valence-corrected chi connectivity index (χ4v) is 9.83. The van der Waals surface area contributed by atoms with Crippen LogP contribution in [0.3, 0.4) is 0 Å². The van der Waals surface area contributed by atoms with Crippen LogP contribution in [0.15, 0.2) is 85.1 Å². The van der Waals surface area contributed by atoms with E-state index in [4.69, 9.17) is 25.8 Å². The van der Waals surface area contributed by atoms with Crippen LogP contribution in [0.25, 0.3) is 0 Å². The number of nitrogens with one attached hydrogen (secondary N) is 1. The number of aryl methyl sites for hydroxylation is 2. The van der Waals surface area contributed by atoms with Crippen molar-refractivity contribution < 1.29 is 24.1 Å². The van der Waals surface area contributed by atoms with Gasteiger partial charge in [-0.3, -0.25) is 4.98 Å². The number of carbonyl (C=O) groups is 1. The lowest BCUT2D eigenvalue weighted by atomic mass is 9.59. The molecule has 0 saturated heterocycles. The number of nitrogens with zero attached hydrogens (tertiary/aromatic N) is 1. The van der Waals surface area contributed by atoms with Crippen LogP contribution < -0.4 is 14.8 Å². The average Bonchev–Trinajstić information content (AvgIpc) is 3.47. The SMILES string of the molecule is C[C@@H](COc1ccnc2c1[C@H](C)CCC2)CC1Cc2ccc(OCCCOCCCc3ccccc3)cc2C12CCC(Nc1cccc(Cl)c1)(C(=O)O)CC2. The summed E-state index contributed by atoms with van der Waals surface area (Å²) >= 11 is 6.31. The van der Waals surface area contributed by atoms with E-state index < -0.39 is 11.5 Å². The topological polar surface area (TPSA) is 89.9 Å². The van der Waals surface area contributed by atoms with E-state index in [1.54, 1.807) is 0 Å². The van der Waals surface area contributed by atoms with E-state index in [-0.39, 0.29) is 5.41 Å². The molecule has 1 fully saturated rings. The lowest BCUT2D eigenvalue weighted by Crippen LogP contribution is -2.53. The molecule has 3 aliphatic rings. The molecule has 1 spiro atoms. The Morgan fingerprint density at radius 2 is 1.78 bits per heavy atom. The third-order valence-corrected chi connectivity index (χ3v) is 12.8. The molecule has 2 N–H and O–H groups in total. The summed E-state index contributed by atoms with van der Waals surface area (Å²) in [6, 6.07) is 26.6. The van der Waals surface area contributed by atoms with E-state index in [0.29, 0.717) is 55.4 Å². The van der Waals surface area contributed by atoms with Crippen LogP contribution in [0.1, 0.15) is 106 Å². The highest BCUT2D eigenvalue weighted by atomic mass is 35.5. The minimum Gasteiger partial charge on any atom is -0.493 e. The number of pyridine rings is 1. The third kappa shape index (κ3) is 9.16. The van der Waals surface area contributed by atoms with Crippen LogP contribution in [0.2, 0.25) is 5.02 Å². The van der Waals surface area contributed by atoms with Gasteiger partial charge in [0.15, 0.2) is 0 Å². The Labute approximate surface area is 332 Å². The van der Waals surface area contributed by atoms with Gasteiger partial charge < -0.3 is 24.6 Å². The molecule has 3 atom stereocenters. The van der Waals surface area contributed by atoms with Gasteiger partial charge in [0.2, 0.25) is 0 Å². The van der Waals surface area contributed by atoms with Gasteiger partial charge in [0.05, 0.1) is 13.2 Å². The summed E-state index contributed by atoms with van der Waals surface area (Å²) in [4.78, 5) is 17.7. The van der Waals surface area contributed by atoms with E-state index in [1.165, 1.54) is 40.8 Å². The predicted molar refractivity (Wildman–Crippen MR) is 220 cm³/mol. The maximum atomic E-state index is 13.0. The highest BCUT2D eigenvalue weighted by Crippen LogP contribution is 2.57. The molecule has 1 saturated carbocycles. The monoisotopic (exact) mass is 764 g/mol. The second-order valence-corrected chi connectivity index (χ2v) is 16.9. The fourth-order valence-electron chi connectivity index (χ4n) is 9.64. The molecule has 8 heteroatoms. The Kier molecular flexibility index (Phi) is 12.7. The molecule has 7 nitrogen and oxygen atoms in total. The van der Waals surface area contributed by atoms with Crippen molar-refractivity contribution in [1.82, 2.24) is 4.98 Å². The molecular formula is C47H57ClN2O5. The Balaban J connectivity index is 1.02. The van der Waals surface area contributed by atoms with Gasteiger partial charge in [-0.05, 0) is 147 Å². The predicted octanol–water partition coefficient (Wildman–Crippen LogP) is 10.6. The summed E-state index contributed by atoms with van der Waals surface area (Å²) in [7, 11) is 0. The van der Waals surface area contributed by atoms with Gasteiger partial charge in [0.25, 0.3) is 0 Å². The number of aliphatic carboxylic acids is 1. The molecule has 292 valence electrons. The van der Waals surface area contributed by atoms with Crippen molar-refractivity contribution in [3.05, 3.63) is 118 Å². The number of ether oxygens (including phenoxy) is 3. The molecule has 55 heavy (non-hydrogen) atoms. The van der Waals surface area contributed by atoms with Crippen molar-refractivity contribution in [3.63, 3.8) is 0 Å². The fraction of sp³-hybridized carbons (Fsp3) is 0.489. The number of rotatable bonds is 17. The highest BCUT2D eigenvalue weighted by Gasteiger charge is 2.54.